The minimum absolute atomic E-state index is 0.287. The molecule has 1 aromatic heterocycles. The second-order valence-corrected chi connectivity index (χ2v) is 9.93. The van der Waals surface area contributed by atoms with Crippen LogP contribution in [0.1, 0.15) is 37.3 Å². The normalized spacial score (nSPS) is 19.2. The van der Waals surface area contributed by atoms with Crippen molar-refractivity contribution in [2.45, 2.75) is 24.5 Å². The van der Waals surface area contributed by atoms with Gasteiger partial charge in [-0.1, -0.05) is 90.1 Å². The van der Waals surface area contributed by atoms with Crippen LogP contribution >= 0.6 is 0 Å². The average Bonchev–Trinajstić information content (AvgIpc) is 3.70. The Balaban J connectivity index is 1.36. The van der Waals surface area contributed by atoms with Gasteiger partial charge < -0.3 is 18.9 Å². The van der Waals surface area contributed by atoms with Crippen LogP contribution in [0.25, 0.3) is 11.3 Å². The molecule has 0 unspecified atom stereocenters. The summed E-state index contributed by atoms with van der Waals surface area (Å²) in [5.74, 6) is -1.91. The van der Waals surface area contributed by atoms with Crippen LogP contribution in [0, 0.1) is 0 Å². The minimum atomic E-state index is -1.19. The van der Waals surface area contributed by atoms with Crippen LogP contribution in [0.2, 0.25) is 0 Å². The van der Waals surface area contributed by atoms with Gasteiger partial charge in [-0.2, -0.15) is 0 Å². The topological polar surface area (TPSA) is 119 Å². The third-order valence-electron chi connectivity index (χ3n) is 7.06. The van der Waals surface area contributed by atoms with Gasteiger partial charge in [-0.25, -0.2) is 19.1 Å². The zero-order chi connectivity index (χ0) is 30.3. The summed E-state index contributed by atoms with van der Waals surface area (Å²) in [6.07, 6.45) is -2.93. The van der Waals surface area contributed by atoms with Crippen LogP contribution in [0.5, 0.6) is 0 Å². The van der Waals surface area contributed by atoms with Gasteiger partial charge in [0.05, 0.1) is 28.6 Å². The van der Waals surface area contributed by atoms with Crippen LogP contribution < -0.4 is 0 Å². The van der Waals surface area contributed by atoms with Crippen molar-refractivity contribution < 1.29 is 33.3 Å². The van der Waals surface area contributed by atoms with Crippen molar-refractivity contribution in [3.63, 3.8) is 0 Å². The highest BCUT2D eigenvalue weighted by Crippen LogP contribution is 2.37. The molecule has 220 valence electrons. The first-order valence-corrected chi connectivity index (χ1v) is 13.9. The maximum atomic E-state index is 13.4. The van der Waals surface area contributed by atoms with Crippen molar-refractivity contribution in [1.29, 1.82) is 0 Å². The Morgan fingerprint density at radius 3 is 1.66 bits per heavy atom. The molecule has 0 aliphatic carbocycles. The predicted molar refractivity (Wildman–Crippen MR) is 157 cm³/mol. The molecule has 0 saturated carbocycles. The van der Waals surface area contributed by atoms with Crippen LogP contribution in [0.15, 0.2) is 128 Å². The standard InChI is InChI=1S/C34H27N3O7/c38-32(24-15-7-2-8-16-24)41-22-28-29(43-33(39)25-17-9-3-10-18-25)30(44-34(40)26-19-11-4-12-20-26)31(42-28)37-27(21-35-36-37)23-13-5-1-6-14-23/h1-21,28-31H,22H2/t28-,29-,30-,31-/m1/s1. The van der Waals surface area contributed by atoms with Crippen molar-refractivity contribution in [1.82, 2.24) is 15.0 Å². The summed E-state index contributed by atoms with van der Waals surface area (Å²) in [7, 11) is 0. The number of hydrogen-bond acceptors (Lipinski definition) is 9. The lowest BCUT2D eigenvalue weighted by Crippen LogP contribution is -2.41. The number of rotatable bonds is 9. The Morgan fingerprint density at radius 1 is 0.636 bits per heavy atom. The molecule has 44 heavy (non-hydrogen) atoms. The van der Waals surface area contributed by atoms with Gasteiger partial charge in [0.2, 0.25) is 0 Å². The van der Waals surface area contributed by atoms with E-state index in [9.17, 15) is 14.4 Å². The molecule has 1 fully saturated rings. The zero-order valence-corrected chi connectivity index (χ0v) is 23.3. The number of carbonyl (C=O) groups excluding carboxylic acids is 3. The van der Waals surface area contributed by atoms with E-state index in [2.05, 4.69) is 10.3 Å². The molecule has 0 radical (unpaired) electrons. The summed E-state index contributed by atoms with van der Waals surface area (Å²) >= 11 is 0. The van der Waals surface area contributed by atoms with Crippen molar-refractivity contribution in [3.8, 4) is 11.3 Å². The van der Waals surface area contributed by atoms with Crippen LogP contribution in [-0.2, 0) is 18.9 Å². The highest BCUT2D eigenvalue weighted by Gasteiger charge is 2.52. The molecule has 0 bridgehead atoms. The number of hydrogen-bond donors (Lipinski definition) is 0. The zero-order valence-electron chi connectivity index (χ0n) is 23.3. The SMILES string of the molecule is O=C(OC[C@H]1O[C@@H](n2nncc2-c2ccccc2)[C@H](OC(=O)c2ccccc2)[C@@H]1OC(=O)c1ccccc1)c1ccccc1. The highest BCUT2D eigenvalue weighted by molar-refractivity contribution is 5.91. The largest absolute Gasteiger partial charge is 0.459 e. The summed E-state index contributed by atoms with van der Waals surface area (Å²) in [6, 6.07) is 34.7. The number of benzene rings is 4. The molecule has 10 heteroatoms. The van der Waals surface area contributed by atoms with E-state index >= 15 is 0 Å². The molecule has 2 heterocycles. The first-order chi connectivity index (χ1) is 21.6. The van der Waals surface area contributed by atoms with Crippen molar-refractivity contribution >= 4 is 17.9 Å². The molecule has 10 nitrogen and oxygen atoms in total. The summed E-state index contributed by atoms with van der Waals surface area (Å²) in [4.78, 5) is 39.6. The Bertz CT molecular complexity index is 1710. The van der Waals surface area contributed by atoms with Gasteiger partial charge in [0.1, 0.15) is 12.7 Å². The molecule has 0 spiro atoms. The fourth-order valence-electron chi connectivity index (χ4n) is 4.90. The molecule has 1 aliphatic heterocycles. The third kappa shape index (κ3) is 6.25. The van der Waals surface area contributed by atoms with Crippen molar-refractivity contribution in [3.05, 3.63) is 144 Å². The van der Waals surface area contributed by atoms with E-state index in [1.807, 2.05) is 30.3 Å². The van der Waals surface area contributed by atoms with Gasteiger partial charge in [-0.3, -0.25) is 0 Å². The Kier molecular flexibility index (Phi) is 8.51. The van der Waals surface area contributed by atoms with E-state index in [0.29, 0.717) is 16.8 Å². The number of carbonyl (C=O) groups is 3. The quantitative estimate of drug-likeness (QED) is 0.170. The summed E-state index contributed by atoms with van der Waals surface area (Å²) < 4.78 is 25.5. The van der Waals surface area contributed by atoms with Gasteiger partial charge in [0.15, 0.2) is 18.4 Å². The molecule has 5 aromatic rings. The van der Waals surface area contributed by atoms with Crippen LogP contribution in [-0.4, -0.2) is 57.8 Å². The Labute approximate surface area is 252 Å². The van der Waals surface area contributed by atoms with Gasteiger partial charge in [0, 0.05) is 5.56 Å². The van der Waals surface area contributed by atoms with Gasteiger partial charge in [-0.15, -0.1) is 5.10 Å². The number of esters is 3. The first-order valence-electron chi connectivity index (χ1n) is 13.9. The molecule has 4 atom stereocenters. The smallest absolute Gasteiger partial charge is 0.338 e. The lowest BCUT2D eigenvalue weighted by atomic mass is 10.1. The highest BCUT2D eigenvalue weighted by atomic mass is 16.7. The fraction of sp³-hybridized carbons (Fsp3) is 0.147. The Morgan fingerprint density at radius 2 is 1.11 bits per heavy atom. The maximum Gasteiger partial charge on any atom is 0.338 e. The van der Waals surface area contributed by atoms with Gasteiger partial charge in [0.25, 0.3) is 0 Å². The molecular formula is C34H27N3O7. The summed E-state index contributed by atoms with van der Waals surface area (Å²) in [5, 5.41) is 8.34. The molecule has 1 aliphatic rings. The number of ether oxygens (including phenoxy) is 4. The molecule has 4 aromatic carbocycles. The van der Waals surface area contributed by atoms with Crippen LogP contribution in [0.3, 0.4) is 0 Å². The number of nitrogens with zero attached hydrogens (tertiary/aromatic N) is 3. The van der Waals surface area contributed by atoms with E-state index in [0.717, 1.165) is 5.56 Å². The monoisotopic (exact) mass is 589 g/mol. The molecular weight excluding hydrogens is 562 g/mol. The van der Waals surface area contributed by atoms with E-state index in [4.69, 9.17) is 18.9 Å². The maximum absolute atomic E-state index is 13.4. The van der Waals surface area contributed by atoms with E-state index in [1.54, 1.807) is 97.2 Å². The van der Waals surface area contributed by atoms with Gasteiger partial charge in [-0.05, 0) is 36.4 Å². The minimum Gasteiger partial charge on any atom is -0.459 e. The van der Waals surface area contributed by atoms with E-state index < -0.39 is 42.4 Å². The predicted octanol–water partition coefficient (Wildman–Crippen LogP) is 5.15. The van der Waals surface area contributed by atoms with E-state index in [1.165, 1.54) is 4.68 Å². The van der Waals surface area contributed by atoms with Crippen molar-refractivity contribution in [2.24, 2.45) is 0 Å². The molecule has 0 amide bonds. The van der Waals surface area contributed by atoms with Gasteiger partial charge >= 0.3 is 17.9 Å². The fourth-order valence-corrected chi connectivity index (χ4v) is 4.90. The van der Waals surface area contributed by atoms with E-state index in [-0.39, 0.29) is 12.2 Å². The average molecular weight is 590 g/mol. The van der Waals surface area contributed by atoms with Crippen LogP contribution in [0.4, 0.5) is 0 Å². The summed E-state index contributed by atoms with van der Waals surface area (Å²) in [6.45, 7) is -0.300. The summed E-state index contributed by atoms with van der Waals surface area (Å²) in [5.41, 5.74) is 2.28. The number of aromatic nitrogens is 3. The Hall–Kier alpha value is -5.61. The third-order valence-corrected chi connectivity index (χ3v) is 7.06. The molecule has 0 N–H and O–H groups in total. The lowest BCUT2D eigenvalue weighted by molar-refractivity contribution is -0.0670. The van der Waals surface area contributed by atoms with Crippen molar-refractivity contribution in [2.75, 3.05) is 6.61 Å². The molecule has 1 saturated heterocycles. The second-order valence-electron chi connectivity index (χ2n) is 9.93. The molecule has 6 rings (SSSR count). The lowest BCUT2D eigenvalue weighted by Gasteiger charge is -2.25. The first kappa shape index (κ1) is 28.5. The second kappa shape index (κ2) is 13.1.